The minimum absolute atomic E-state index is 0.0118. The number of carbonyl (C=O) groups is 1. The third-order valence-corrected chi connectivity index (χ3v) is 7.58. The van der Waals surface area contributed by atoms with Gasteiger partial charge in [0.25, 0.3) is 5.82 Å². The lowest BCUT2D eigenvalue weighted by Crippen LogP contribution is -2.22. The number of halogens is 5. The van der Waals surface area contributed by atoms with Crippen LogP contribution in [0.25, 0.3) is 33.9 Å². The molecule has 3 aromatic heterocycles. The zero-order valence-electron chi connectivity index (χ0n) is 22.8. The molecular weight excluding hydrogens is 632 g/mol. The van der Waals surface area contributed by atoms with E-state index in [4.69, 9.17) is 39.7 Å². The molecule has 0 spiro atoms. The van der Waals surface area contributed by atoms with Crippen molar-refractivity contribution in [3.8, 4) is 16.9 Å². The molecule has 6 rings (SSSR count). The van der Waals surface area contributed by atoms with Crippen LogP contribution in [0.1, 0.15) is 28.7 Å². The van der Waals surface area contributed by atoms with Crippen molar-refractivity contribution in [1.29, 1.82) is 0 Å². The molecule has 0 saturated carbocycles. The number of benzene rings is 3. The summed E-state index contributed by atoms with van der Waals surface area (Å²) in [5.74, 6) is -2.41. The van der Waals surface area contributed by atoms with Crippen molar-refractivity contribution in [1.82, 2.24) is 40.4 Å². The molecule has 1 atom stereocenters. The summed E-state index contributed by atoms with van der Waals surface area (Å²) in [5.41, 5.74) is 14.4. The van der Waals surface area contributed by atoms with Gasteiger partial charge in [-0.3, -0.25) is 9.89 Å². The van der Waals surface area contributed by atoms with Gasteiger partial charge in [0.05, 0.1) is 17.1 Å². The number of tetrazole rings is 1. The first-order chi connectivity index (χ1) is 21.5. The van der Waals surface area contributed by atoms with E-state index in [2.05, 4.69) is 30.7 Å². The third kappa shape index (κ3) is 5.97. The molecule has 0 unspecified atom stereocenters. The van der Waals surface area contributed by atoms with E-state index in [1.54, 1.807) is 18.2 Å². The van der Waals surface area contributed by atoms with Crippen molar-refractivity contribution in [3.63, 3.8) is 0 Å². The Morgan fingerprint density at radius 2 is 1.84 bits per heavy atom. The molecule has 3 aromatic carbocycles. The van der Waals surface area contributed by atoms with Crippen LogP contribution in [-0.2, 0) is 17.4 Å². The minimum Gasteiger partial charge on any atom is -0.382 e. The van der Waals surface area contributed by atoms with Crippen LogP contribution in [0.3, 0.4) is 0 Å². The maximum Gasteiger partial charge on any atom is 0.453 e. The van der Waals surface area contributed by atoms with Crippen LogP contribution in [0, 0.1) is 0 Å². The Morgan fingerprint density at radius 3 is 2.58 bits per heavy atom. The molecule has 3 heterocycles. The Bertz CT molecular complexity index is 2070. The highest BCUT2D eigenvalue weighted by Crippen LogP contribution is 2.36. The molecule has 0 radical (unpaired) electrons. The molecule has 0 aliphatic carbocycles. The summed E-state index contributed by atoms with van der Waals surface area (Å²) in [4.78, 5) is 20.9. The zero-order valence-corrected chi connectivity index (χ0v) is 24.4. The number of nitrogen functional groups attached to an aromatic ring is 1. The lowest BCUT2D eigenvalue weighted by atomic mass is 9.89. The number of rotatable bonds is 8. The Morgan fingerprint density at radius 1 is 1.07 bits per heavy atom. The van der Waals surface area contributed by atoms with Crippen molar-refractivity contribution in [3.05, 3.63) is 105 Å². The normalized spacial score (nSPS) is 13.0. The second kappa shape index (κ2) is 11.7. The largest absolute Gasteiger partial charge is 0.453 e. The number of carbonyl (C=O) groups excluding carboxylic acids is 1. The number of amides is 1. The first kappa shape index (κ1) is 29.8. The van der Waals surface area contributed by atoms with Crippen LogP contribution in [0.4, 0.5) is 19.0 Å². The minimum atomic E-state index is -4.86. The molecule has 0 saturated heterocycles. The van der Waals surface area contributed by atoms with Gasteiger partial charge in [0.15, 0.2) is 5.82 Å². The Labute approximate surface area is 262 Å². The Hall–Kier alpha value is -5.21. The van der Waals surface area contributed by atoms with E-state index in [-0.39, 0.29) is 39.2 Å². The van der Waals surface area contributed by atoms with Crippen LogP contribution in [0.5, 0.6) is 0 Å². The molecule has 0 aliphatic heterocycles. The van der Waals surface area contributed by atoms with E-state index in [0.717, 1.165) is 10.9 Å². The average Bonchev–Trinajstić information content (AvgIpc) is 3.74. The first-order valence-electron chi connectivity index (χ1n) is 13.2. The number of anilines is 1. The number of imidazole rings is 1. The highest BCUT2D eigenvalue weighted by Gasteiger charge is 2.39. The molecule has 6 aromatic rings. The number of nitrogens with zero attached hydrogens (tertiary/aromatic N) is 6. The van der Waals surface area contributed by atoms with Gasteiger partial charge in [-0.25, -0.2) is 4.98 Å². The van der Waals surface area contributed by atoms with Gasteiger partial charge in [0, 0.05) is 27.1 Å². The quantitative estimate of drug-likeness (QED) is 0.152. The van der Waals surface area contributed by atoms with Gasteiger partial charge in [-0.15, -0.1) is 5.10 Å². The monoisotopic (exact) mass is 652 g/mol. The maximum atomic E-state index is 13.7. The van der Waals surface area contributed by atoms with Gasteiger partial charge in [-0.2, -0.15) is 23.0 Å². The first-order valence-corrected chi connectivity index (χ1v) is 14.0. The number of nitrogens with two attached hydrogens (primary N) is 2. The van der Waals surface area contributed by atoms with Crippen LogP contribution in [-0.4, -0.2) is 46.3 Å². The van der Waals surface area contributed by atoms with Gasteiger partial charge < -0.3 is 16.5 Å². The lowest BCUT2D eigenvalue weighted by Gasteiger charge is -2.18. The topological polar surface area (TPSA) is 170 Å². The molecule has 11 nitrogen and oxygen atoms in total. The summed E-state index contributed by atoms with van der Waals surface area (Å²) in [6, 6.07) is 18.6. The number of alkyl halides is 3. The third-order valence-electron chi connectivity index (χ3n) is 7.07. The van der Waals surface area contributed by atoms with Crippen LogP contribution < -0.4 is 11.5 Å². The number of aromatic amines is 2. The number of nitrogens with one attached hydrogen (secondary N) is 2. The van der Waals surface area contributed by atoms with E-state index in [1.807, 2.05) is 30.3 Å². The highest BCUT2D eigenvalue weighted by molar-refractivity contribution is 6.32. The molecule has 0 aliphatic rings. The number of fused-ring (bicyclic) bond motifs is 1. The predicted octanol–water partition coefficient (Wildman–Crippen LogP) is 5.73. The van der Waals surface area contributed by atoms with Gasteiger partial charge in [0.1, 0.15) is 16.7 Å². The summed E-state index contributed by atoms with van der Waals surface area (Å²) < 4.78 is 41.7. The van der Waals surface area contributed by atoms with E-state index >= 15 is 0 Å². The fourth-order valence-corrected chi connectivity index (χ4v) is 5.42. The van der Waals surface area contributed by atoms with Gasteiger partial charge >= 0.3 is 6.18 Å². The van der Waals surface area contributed by atoms with E-state index in [9.17, 15) is 18.0 Å². The van der Waals surface area contributed by atoms with Crippen molar-refractivity contribution in [2.45, 2.75) is 18.5 Å². The van der Waals surface area contributed by atoms with E-state index in [0.29, 0.717) is 27.3 Å². The van der Waals surface area contributed by atoms with Crippen LogP contribution in [0.15, 0.2) is 72.3 Å². The highest BCUT2D eigenvalue weighted by atomic mass is 35.5. The summed E-state index contributed by atoms with van der Waals surface area (Å²) in [6.07, 6.45) is -3.28. The number of aromatic nitrogens is 8. The van der Waals surface area contributed by atoms with Gasteiger partial charge in [-0.1, -0.05) is 59.6 Å². The fourth-order valence-electron chi connectivity index (χ4n) is 4.99. The molecule has 45 heavy (non-hydrogen) atoms. The summed E-state index contributed by atoms with van der Waals surface area (Å²) in [7, 11) is 0. The van der Waals surface area contributed by atoms with Crippen molar-refractivity contribution in [2.75, 3.05) is 5.73 Å². The van der Waals surface area contributed by atoms with Crippen molar-refractivity contribution in [2.24, 2.45) is 5.73 Å². The number of H-pyrrole nitrogens is 2. The molecule has 16 heteroatoms. The Balaban J connectivity index is 1.50. The van der Waals surface area contributed by atoms with Crippen molar-refractivity contribution >= 4 is 51.9 Å². The number of primary amides is 1. The maximum absolute atomic E-state index is 13.7. The smallest absolute Gasteiger partial charge is 0.382 e. The average molecular weight is 653 g/mol. The molecular formula is C29H21Cl2F3N10O. The number of hydrogen-bond donors (Lipinski definition) is 4. The second-order valence-electron chi connectivity index (χ2n) is 9.98. The molecule has 228 valence electrons. The molecule has 0 fully saturated rings. The summed E-state index contributed by atoms with van der Waals surface area (Å²) in [6.45, 7) is 0. The Kier molecular flexibility index (Phi) is 7.76. The predicted molar refractivity (Wildman–Crippen MR) is 162 cm³/mol. The van der Waals surface area contributed by atoms with E-state index < -0.39 is 23.8 Å². The van der Waals surface area contributed by atoms with Gasteiger partial charge in [0.2, 0.25) is 5.91 Å². The zero-order chi connectivity index (χ0) is 31.9. The van der Waals surface area contributed by atoms with Crippen LogP contribution in [0.2, 0.25) is 10.2 Å². The number of hydrogen-bond acceptors (Lipinski definition) is 7. The standard InChI is InChI=1S/C29H21Cl2F3N10O/c30-17-7-9-22(44-28(29(32,33)34)41-42-43-44)16(11-17)12-19(26(36)45)20(10-14-4-2-1-3-5-14)27-37-23(24(31)38-27)15-6-8-18-21(13-15)39-40-25(18)35/h1-9,11-13,20H,10H2,(H2,36,45)(H,37,38)(H3,35,39,40)/t20-/m0/s1. The lowest BCUT2D eigenvalue weighted by molar-refractivity contribution is -0.146. The van der Waals surface area contributed by atoms with Gasteiger partial charge in [-0.05, 0) is 58.8 Å². The molecule has 6 N–H and O–H groups in total. The van der Waals surface area contributed by atoms with E-state index in [1.165, 1.54) is 24.3 Å². The summed E-state index contributed by atoms with van der Waals surface area (Å²) in [5, 5.41) is 17.8. The van der Waals surface area contributed by atoms with Crippen molar-refractivity contribution < 1.29 is 18.0 Å². The second-order valence-corrected chi connectivity index (χ2v) is 10.8. The fraction of sp³-hybridized carbons (Fsp3) is 0.103. The summed E-state index contributed by atoms with van der Waals surface area (Å²) >= 11 is 12.9. The SMILES string of the molecule is NC(=O)C(=Cc1cc(Cl)ccc1-n1nnnc1C(F)(F)F)[C@H](Cc1ccccc1)c1nc(-c2ccc3c(N)n[nH]c3c2)c(Cl)[nH]1. The molecule has 0 bridgehead atoms. The van der Waals surface area contributed by atoms with Crippen LogP contribution >= 0.6 is 23.2 Å². The molecule has 1 amide bonds.